The Kier molecular flexibility index (Phi) is 3.07. The van der Waals surface area contributed by atoms with Crippen molar-refractivity contribution in [2.24, 2.45) is 0 Å². The molecule has 1 amide bonds. The average molecular weight is 225 g/mol. The molecule has 1 saturated carbocycles. The van der Waals surface area contributed by atoms with Crippen LogP contribution in [-0.2, 0) is 0 Å². The molecule has 0 aliphatic heterocycles. The van der Waals surface area contributed by atoms with Gasteiger partial charge in [-0.15, -0.1) is 11.3 Å². The molecule has 1 heterocycles. The Hall–Kier alpha value is -0.870. The lowest BCUT2D eigenvalue weighted by Gasteiger charge is -2.20. The normalized spacial score (nSPS) is 15.3. The number of hydrogen-bond donors (Lipinski definition) is 1. The molecule has 0 atom stereocenters. The lowest BCUT2D eigenvalue weighted by molar-refractivity contribution is 0.0712. The third-order valence-electron chi connectivity index (χ3n) is 2.54. The Morgan fingerprint density at radius 1 is 1.60 bits per heavy atom. The molecular formula is C11H15NO2S. The molecule has 2 rings (SSSR count). The van der Waals surface area contributed by atoms with Crippen molar-refractivity contribution in [3.05, 3.63) is 21.9 Å². The summed E-state index contributed by atoms with van der Waals surface area (Å²) in [6.07, 6.45) is 2.16. The van der Waals surface area contributed by atoms with Gasteiger partial charge >= 0.3 is 0 Å². The molecule has 0 bridgehead atoms. The topological polar surface area (TPSA) is 40.5 Å². The monoisotopic (exact) mass is 225 g/mol. The lowest BCUT2D eigenvalue weighted by atomic mass is 10.3. The molecular weight excluding hydrogens is 210 g/mol. The number of aryl methyl sites for hydroxylation is 1. The third kappa shape index (κ3) is 2.38. The highest BCUT2D eigenvalue weighted by atomic mass is 32.1. The highest BCUT2D eigenvalue weighted by Crippen LogP contribution is 2.29. The first kappa shape index (κ1) is 10.6. The Morgan fingerprint density at radius 3 is 2.80 bits per heavy atom. The van der Waals surface area contributed by atoms with E-state index in [4.69, 9.17) is 5.11 Å². The van der Waals surface area contributed by atoms with Gasteiger partial charge in [-0.3, -0.25) is 4.79 Å². The molecule has 1 aliphatic carbocycles. The summed E-state index contributed by atoms with van der Waals surface area (Å²) in [5, 5.41) is 8.92. The third-order valence-corrected chi connectivity index (χ3v) is 3.53. The van der Waals surface area contributed by atoms with Gasteiger partial charge in [-0.25, -0.2) is 0 Å². The number of hydrogen-bond acceptors (Lipinski definition) is 3. The first-order valence-corrected chi connectivity index (χ1v) is 6.02. The summed E-state index contributed by atoms with van der Waals surface area (Å²) in [5.74, 6) is 0.0738. The molecule has 1 aromatic rings. The van der Waals surface area contributed by atoms with Crippen molar-refractivity contribution in [3.8, 4) is 0 Å². The maximum atomic E-state index is 12.1. The van der Waals surface area contributed by atoms with E-state index in [0.717, 1.165) is 22.6 Å². The molecule has 0 radical (unpaired) electrons. The van der Waals surface area contributed by atoms with Crippen LogP contribution >= 0.6 is 11.3 Å². The van der Waals surface area contributed by atoms with Gasteiger partial charge < -0.3 is 10.0 Å². The molecule has 4 heteroatoms. The fourth-order valence-electron chi connectivity index (χ4n) is 1.63. The lowest BCUT2D eigenvalue weighted by Crippen LogP contribution is -2.34. The van der Waals surface area contributed by atoms with Crippen molar-refractivity contribution >= 4 is 17.2 Å². The minimum absolute atomic E-state index is 0.0482. The van der Waals surface area contributed by atoms with Crippen LogP contribution in [0.2, 0.25) is 0 Å². The van der Waals surface area contributed by atoms with Crippen LogP contribution in [0.15, 0.2) is 12.1 Å². The molecule has 3 nitrogen and oxygen atoms in total. The largest absolute Gasteiger partial charge is 0.395 e. The summed E-state index contributed by atoms with van der Waals surface area (Å²) in [7, 11) is 0. The van der Waals surface area contributed by atoms with Crippen molar-refractivity contribution in [2.75, 3.05) is 13.2 Å². The minimum atomic E-state index is 0.0482. The van der Waals surface area contributed by atoms with Crippen LogP contribution in [0.3, 0.4) is 0 Å². The summed E-state index contributed by atoms with van der Waals surface area (Å²) >= 11 is 1.52. The molecule has 1 fully saturated rings. The number of nitrogens with zero attached hydrogens (tertiary/aromatic N) is 1. The number of rotatable bonds is 4. The summed E-state index contributed by atoms with van der Waals surface area (Å²) < 4.78 is 0. The van der Waals surface area contributed by atoms with Gasteiger partial charge in [0.15, 0.2) is 0 Å². The number of carbonyl (C=O) groups excluding carboxylic acids is 1. The van der Waals surface area contributed by atoms with E-state index in [1.54, 1.807) is 4.90 Å². The van der Waals surface area contributed by atoms with Gasteiger partial charge in [0.25, 0.3) is 5.91 Å². The van der Waals surface area contributed by atoms with Gasteiger partial charge in [0.2, 0.25) is 0 Å². The van der Waals surface area contributed by atoms with E-state index in [9.17, 15) is 4.79 Å². The second-order valence-corrected chi connectivity index (χ2v) is 5.15. The van der Waals surface area contributed by atoms with Crippen LogP contribution in [0.5, 0.6) is 0 Å². The standard InChI is InChI=1S/C11H15NO2S/c1-8-2-5-10(15-8)11(14)12(6-7-13)9-3-4-9/h2,5,9,13H,3-4,6-7H2,1H3. The zero-order chi connectivity index (χ0) is 10.8. The average Bonchev–Trinajstić information content (AvgIpc) is 2.96. The van der Waals surface area contributed by atoms with E-state index in [0.29, 0.717) is 12.6 Å². The number of amides is 1. The quantitative estimate of drug-likeness (QED) is 0.846. The van der Waals surface area contributed by atoms with E-state index in [-0.39, 0.29) is 12.5 Å². The Labute approximate surface area is 93.3 Å². The number of aliphatic hydroxyl groups excluding tert-OH is 1. The van der Waals surface area contributed by atoms with E-state index >= 15 is 0 Å². The molecule has 15 heavy (non-hydrogen) atoms. The maximum Gasteiger partial charge on any atom is 0.264 e. The fraction of sp³-hybridized carbons (Fsp3) is 0.545. The maximum absolute atomic E-state index is 12.1. The Morgan fingerprint density at radius 2 is 2.33 bits per heavy atom. The van der Waals surface area contributed by atoms with Crippen LogP contribution in [0.1, 0.15) is 27.4 Å². The van der Waals surface area contributed by atoms with Gasteiger partial charge in [-0.05, 0) is 31.9 Å². The number of carbonyl (C=O) groups is 1. The van der Waals surface area contributed by atoms with Gasteiger partial charge in [0.05, 0.1) is 11.5 Å². The van der Waals surface area contributed by atoms with Crippen LogP contribution in [0.25, 0.3) is 0 Å². The minimum Gasteiger partial charge on any atom is -0.395 e. The highest BCUT2D eigenvalue weighted by Gasteiger charge is 2.32. The summed E-state index contributed by atoms with van der Waals surface area (Å²) in [5.41, 5.74) is 0. The molecule has 82 valence electrons. The summed E-state index contributed by atoms with van der Waals surface area (Å²) in [6, 6.07) is 4.20. The van der Waals surface area contributed by atoms with E-state index in [1.807, 2.05) is 19.1 Å². The molecule has 0 aromatic carbocycles. The van der Waals surface area contributed by atoms with E-state index in [2.05, 4.69) is 0 Å². The molecule has 1 aliphatic rings. The smallest absolute Gasteiger partial charge is 0.264 e. The number of aliphatic hydroxyl groups is 1. The van der Waals surface area contributed by atoms with Crippen LogP contribution in [0.4, 0.5) is 0 Å². The second kappa shape index (κ2) is 4.33. The summed E-state index contributed by atoms with van der Waals surface area (Å²) in [4.78, 5) is 15.8. The van der Waals surface area contributed by atoms with Crippen molar-refractivity contribution in [3.63, 3.8) is 0 Å². The fourth-order valence-corrected chi connectivity index (χ4v) is 2.46. The predicted octanol–water partition coefficient (Wildman–Crippen LogP) is 1.65. The van der Waals surface area contributed by atoms with Crippen LogP contribution in [-0.4, -0.2) is 35.1 Å². The van der Waals surface area contributed by atoms with Crippen LogP contribution < -0.4 is 0 Å². The molecule has 0 saturated heterocycles. The SMILES string of the molecule is Cc1ccc(C(=O)N(CCO)C2CC2)s1. The Balaban J connectivity index is 2.10. The zero-order valence-corrected chi connectivity index (χ0v) is 9.59. The number of thiophene rings is 1. The predicted molar refractivity (Wildman–Crippen MR) is 60.2 cm³/mol. The molecule has 1 N–H and O–H groups in total. The van der Waals surface area contributed by atoms with Gasteiger partial charge in [-0.2, -0.15) is 0 Å². The Bertz CT molecular complexity index is 357. The first-order chi connectivity index (χ1) is 7.22. The first-order valence-electron chi connectivity index (χ1n) is 5.20. The zero-order valence-electron chi connectivity index (χ0n) is 8.77. The van der Waals surface area contributed by atoms with Crippen molar-refractivity contribution in [1.82, 2.24) is 4.90 Å². The van der Waals surface area contributed by atoms with Crippen molar-refractivity contribution < 1.29 is 9.90 Å². The second-order valence-electron chi connectivity index (χ2n) is 3.86. The van der Waals surface area contributed by atoms with Crippen molar-refractivity contribution in [2.45, 2.75) is 25.8 Å². The van der Waals surface area contributed by atoms with Crippen molar-refractivity contribution in [1.29, 1.82) is 0 Å². The van der Waals surface area contributed by atoms with Gasteiger partial charge in [0.1, 0.15) is 0 Å². The van der Waals surface area contributed by atoms with E-state index < -0.39 is 0 Å². The van der Waals surface area contributed by atoms with E-state index in [1.165, 1.54) is 11.3 Å². The molecule has 0 unspecified atom stereocenters. The van der Waals surface area contributed by atoms with Gasteiger partial charge in [-0.1, -0.05) is 0 Å². The summed E-state index contributed by atoms with van der Waals surface area (Å²) in [6.45, 7) is 2.50. The van der Waals surface area contributed by atoms with Crippen LogP contribution in [0, 0.1) is 6.92 Å². The molecule has 1 aromatic heterocycles. The van der Waals surface area contributed by atoms with Gasteiger partial charge in [0, 0.05) is 17.5 Å². The molecule has 0 spiro atoms. The highest BCUT2D eigenvalue weighted by molar-refractivity contribution is 7.13.